The van der Waals surface area contributed by atoms with Gasteiger partial charge in [-0.3, -0.25) is 9.59 Å². The predicted molar refractivity (Wildman–Crippen MR) is 74.5 cm³/mol. The molecule has 3 rings (SSSR count). The molecule has 6 heteroatoms. The Bertz CT molecular complexity index is 799. The van der Waals surface area contributed by atoms with Crippen LogP contribution < -0.4 is 0 Å². The average Bonchev–Trinajstić information content (AvgIpc) is 2.80. The number of aromatic nitrogens is 1. The molecule has 1 aliphatic heterocycles. The maximum atomic E-state index is 12.1. The highest BCUT2D eigenvalue weighted by atomic mass is 16.7. The molecule has 2 amide bonds. The Kier molecular flexibility index (Phi) is 3.16. The molecule has 0 atom stereocenters. The van der Waals surface area contributed by atoms with Crippen molar-refractivity contribution in [3.8, 4) is 12.3 Å². The van der Waals surface area contributed by atoms with Crippen LogP contribution >= 0.6 is 0 Å². The zero-order valence-electron chi connectivity index (χ0n) is 11.1. The zero-order valence-corrected chi connectivity index (χ0v) is 11.1. The number of hydrogen-bond acceptors (Lipinski definition) is 5. The van der Waals surface area contributed by atoms with Crippen molar-refractivity contribution in [2.45, 2.75) is 0 Å². The fourth-order valence-electron chi connectivity index (χ4n) is 1.99. The second kappa shape index (κ2) is 5.14. The number of rotatable bonds is 2. The third-order valence-electron chi connectivity index (χ3n) is 3.08. The summed E-state index contributed by atoms with van der Waals surface area (Å²) in [6.07, 6.45) is 6.38. The van der Waals surface area contributed by atoms with Crippen LogP contribution in [-0.2, 0) is 4.84 Å². The first-order valence-corrected chi connectivity index (χ1v) is 6.24. The molecule has 22 heavy (non-hydrogen) atoms. The van der Waals surface area contributed by atoms with E-state index < -0.39 is 17.8 Å². The second-order valence-corrected chi connectivity index (χ2v) is 4.41. The lowest BCUT2D eigenvalue weighted by Crippen LogP contribution is -2.32. The summed E-state index contributed by atoms with van der Waals surface area (Å²) >= 11 is 0. The lowest BCUT2D eigenvalue weighted by Gasteiger charge is -2.12. The lowest BCUT2D eigenvalue weighted by molar-refractivity contribution is -0.0584. The van der Waals surface area contributed by atoms with Crippen LogP contribution in [0.1, 0.15) is 36.8 Å². The van der Waals surface area contributed by atoms with Gasteiger partial charge in [0.05, 0.1) is 16.7 Å². The average molecular weight is 292 g/mol. The number of amides is 2. The second-order valence-electron chi connectivity index (χ2n) is 4.41. The van der Waals surface area contributed by atoms with Gasteiger partial charge in [-0.15, -0.1) is 6.42 Å². The molecule has 0 saturated heterocycles. The zero-order chi connectivity index (χ0) is 15.7. The Labute approximate surface area is 125 Å². The Morgan fingerprint density at radius 3 is 2.23 bits per heavy atom. The summed E-state index contributed by atoms with van der Waals surface area (Å²) in [4.78, 5) is 44.8. The van der Waals surface area contributed by atoms with Gasteiger partial charge in [0.15, 0.2) is 0 Å². The SMILES string of the molecule is C#Cc1ccc(C(=O)ON2C(=O)c3ccccc3C2=O)cn1. The van der Waals surface area contributed by atoms with E-state index in [4.69, 9.17) is 11.3 Å². The molecule has 0 N–H and O–H groups in total. The fraction of sp³-hybridized carbons (Fsp3) is 0. The van der Waals surface area contributed by atoms with Gasteiger partial charge in [0.1, 0.15) is 5.69 Å². The van der Waals surface area contributed by atoms with Crippen LogP contribution in [-0.4, -0.2) is 27.8 Å². The number of terminal acetylenes is 1. The number of pyridine rings is 1. The van der Waals surface area contributed by atoms with Crippen LogP contribution in [0.2, 0.25) is 0 Å². The summed E-state index contributed by atoms with van der Waals surface area (Å²) in [6.45, 7) is 0. The molecule has 0 spiro atoms. The molecule has 6 nitrogen and oxygen atoms in total. The largest absolute Gasteiger partial charge is 0.365 e. The third-order valence-corrected chi connectivity index (χ3v) is 3.08. The summed E-state index contributed by atoms with van der Waals surface area (Å²) in [5.74, 6) is 0.0834. The fourth-order valence-corrected chi connectivity index (χ4v) is 1.99. The number of hydrogen-bond donors (Lipinski definition) is 0. The number of carbonyl (C=O) groups excluding carboxylic acids is 3. The molecule has 0 fully saturated rings. The van der Waals surface area contributed by atoms with E-state index in [0.29, 0.717) is 10.8 Å². The Morgan fingerprint density at radius 2 is 1.73 bits per heavy atom. The van der Waals surface area contributed by atoms with E-state index in [1.54, 1.807) is 12.1 Å². The highest BCUT2D eigenvalue weighted by Gasteiger charge is 2.38. The van der Waals surface area contributed by atoms with Gasteiger partial charge in [0.25, 0.3) is 11.8 Å². The molecule has 2 aromatic rings. The first-order chi connectivity index (χ1) is 10.6. The van der Waals surface area contributed by atoms with Crippen LogP contribution in [0.4, 0.5) is 0 Å². The van der Waals surface area contributed by atoms with E-state index in [1.165, 1.54) is 30.5 Å². The molecule has 2 heterocycles. The molecule has 0 unspecified atom stereocenters. The first-order valence-electron chi connectivity index (χ1n) is 6.24. The number of fused-ring (bicyclic) bond motifs is 1. The van der Waals surface area contributed by atoms with E-state index in [-0.39, 0.29) is 16.7 Å². The van der Waals surface area contributed by atoms with Crippen LogP contribution in [0, 0.1) is 12.3 Å². The molecular formula is C16H8N2O4. The first kappa shape index (κ1) is 13.5. The van der Waals surface area contributed by atoms with E-state index in [9.17, 15) is 14.4 Å². The van der Waals surface area contributed by atoms with Crippen LogP contribution in [0.25, 0.3) is 0 Å². The van der Waals surface area contributed by atoms with Gasteiger partial charge in [-0.2, -0.15) is 0 Å². The topological polar surface area (TPSA) is 76.6 Å². The van der Waals surface area contributed by atoms with Crippen molar-refractivity contribution in [1.82, 2.24) is 10.0 Å². The van der Waals surface area contributed by atoms with Gasteiger partial charge < -0.3 is 4.84 Å². The number of carbonyl (C=O) groups is 3. The molecule has 0 aliphatic carbocycles. The number of nitrogens with zero attached hydrogens (tertiary/aromatic N) is 2. The van der Waals surface area contributed by atoms with Crippen molar-refractivity contribution in [2.75, 3.05) is 0 Å². The maximum absolute atomic E-state index is 12.1. The Morgan fingerprint density at radius 1 is 1.09 bits per heavy atom. The molecule has 1 aromatic carbocycles. The lowest BCUT2D eigenvalue weighted by atomic mass is 10.1. The summed E-state index contributed by atoms with van der Waals surface area (Å²) in [6, 6.07) is 9.09. The summed E-state index contributed by atoms with van der Waals surface area (Å²) in [7, 11) is 0. The van der Waals surface area contributed by atoms with E-state index >= 15 is 0 Å². The Balaban J connectivity index is 1.82. The van der Waals surface area contributed by atoms with E-state index in [1.807, 2.05) is 0 Å². The number of imide groups is 1. The van der Waals surface area contributed by atoms with Gasteiger partial charge in [-0.1, -0.05) is 23.1 Å². The van der Waals surface area contributed by atoms with Crippen molar-refractivity contribution in [1.29, 1.82) is 0 Å². The van der Waals surface area contributed by atoms with Crippen molar-refractivity contribution in [3.05, 3.63) is 65.0 Å². The van der Waals surface area contributed by atoms with Crippen LogP contribution in [0.5, 0.6) is 0 Å². The molecule has 0 bridgehead atoms. The minimum Gasteiger partial charge on any atom is -0.324 e. The smallest absolute Gasteiger partial charge is 0.324 e. The third kappa shape index (κ3) is 2.11. The number of hydroxylamine groups is 2. The van der Waals surface area contributed by atoms with Crippen molar-refractivity contribution in [2.24, 2.45) is 0 Å². The quantitative estimate of drug-likeness (QED) is 0.618. The van der Waals surface area contributed by atoms with Gasteiger partial charge >= 0.3 is 5.97 Å². The number of benzene rings is 1. The minimum atomic E-state index is -0.870. The summed E-state index contributed by atoms with van der Waals surface area (Å²) in [5, 5.41) is 0.447. The molecule has 106 valence electrons. The van der Waals surface area contributed by atoms with Crippen molar-refractivity contribution >= 4 is 17.8 Å². The molecule has 0 radical (unpaired) electrons. The van der Waals surface area contributed by atoms with Crippen LogP contribution in [0.3, 0.4) is 0 Å². The van der Waals surface area contributed by atoms with Crippen molar-refractivity contribution in [3.63, 3.8) is 0 Å². The molecule has 1 aromatic heterocycles. The molecule has 1 aliphatic rings. The normalized spacial score (nSPS) is 12.8. The van der Waals surface area contributed by atoms with Gasteiger partial charge in [-0.25, -0.2) is 9.78 Å². The highest BCUT2D eigenvalue weighted by molar-refractivity contribution is 6.21. The maximum Gasteiger partial charge on any atom is 0.365 e. The summed E-state index contributed by atoms with van der Waals surface area (Å²) < 4.78 is 0. The predicted octanol–water partition coefficient (Wildman–Crippen LogP) is 1.43. The van der Waals surface area contributed by atoms with Gasteiger partial charge in [0, 0.05) is 6.20 Å². The van der Waals surface area contributed by atoms with E-state index in [2.05, 4.69) is 10.9 Å². The molecule has 0 saturated carbocycles. The summed E-state index contributed by atoms with van der Waals surface area (Å²) in [5.41, 5.74) is 0.829. The highest BCUT2D eigenvalue weighted by Crippen LogP contribution is 2.23. The van der Waals surface area contributed by atoms with Gasteiger partial charge in [0.2, 0.25) is 0 Å². The minimum absolute atomic E-state index is 0.0792. The van der Waals surface area contributed by atoms with Crippen LogP contribution in [0.15, 0.2) is 42.6 Å². The standard InChI is InChI=1S/C16H8N2O4/c1-2-11-8-7-10(9-17-11)16(21)22-18-14(19)12-5-3-4-6-13(12)15(18)20/h1,3-9H. The molecular weight excluding hydrogens is 284 g/mol. The Hall–Kier alpha value is -3.46. The monoisotopic (exact) mass is 292 g/mol. The van der Waals surface area contributed by atoms with E-state index in [0.717, 1.165) is 0 Å². The van der Waals surface area contributed by atoms with Gasteiger partial charge in [-0.05, 0) is 24.3 Å². The van der Waals surface area contributed by atoms with Crippen molar-refractivity contribution < 1.29 is 19.2 Å².